The maximum absolute atomic E-state index is 11.0. The van der Waals surface area contributed by atoms with Gasteiger partial charge in [-0.3, -0.25) is 0 Å². The molecule has 1 fully saturated rings. The van der Waals surface area contributed by atoms with Gasteiger partial charge in [-0.1, -0.05) is 0 Å². The van der Waals surface area contributed by atoms with E-state index in [4.69, 9.17) is 9.15 Å². The number of rotatable bonds is 1. The lowest BCUT2D eigenvalue weighted by atomic mass is 10.2. The van der Waals surface area contributed by atoms with Gasteiger partial charge in [0.1, 0.15) is 5.76 Å². The molecule has 1 aliphatic heterocycles. The van der Waals surface area contributed by atoms with Crippen LogP contribution in [0.4, 0.5) is 0 Å². The van der Waals surface area contributed by atoms with Gasteiger partial charge in [-0.2, -0.15) is 0 Å². The zero-order chi connectivity index (χ0) is 8.39. The lowest BCUT2D eigenvalue weighted by Crippen LogP contribution is -1.93. The Labute approximate surface area is 69.6 Å². The summed E-state index contributed by atoms with van der Waals surface area (Å²) in [5.41, 5.74) is 0.685. The summed E-state index contributed by atoms with van der Waals surface area (Å²) in [5, 5.41) is 0. The van der Waals surface area contributed by atoms with E-state index in [-0.39, 0.29) is 5.97 Å². The number of carbonyl (C=O) groups is 1. The van der Waals surface area contributed by atoms with Crippen LogP contribution in [0.2, 0.25) is 0 Å². The van der Waals surface area contributed by atoms with Crippen molar-refractivity contribution in [3.63, 3.8) is 0 Å². The van der Waals surface area contributed by atoms with Gasteiger partial charge in [0.2, 0.25) is 0 Å². The van der Waals surface area contributed by atoms with Crippen molar-refractivity contribution in [3.05, 3.63) is 29.7 Å². The third-order valence-electron chi connectivity index (χ3n) is 1.73. The predicted molar refractivity (Wildman–Crippen MR) is 42.3 cm³/mol. The molecule has 0 unspecified atom stereocenters. The van der Waals surface area contributed by atoms with Crippen LogP contribution in [0.3, 0.4) is 0 Å². The van der Waals surface area contributed by atoms with Crippen molar-refractivity contribution in [2.24, 2.45) is 0 Å². The average Bonchev–Trinajstić information content (AvgIpc) is 2.65. The fourth-order valence-electron chi connectivity index (χ4n) is 1.12. The number of furan rings is 1. The predicted octanol–water partition coefficient (Wildman–Crippen LogP) is 1.61. The molecule has 0 atom stereocenters. The summed E-state index contributed by atoms with van der Waals surface area (Å²) in [6, 6.07) is 3.59. The maximum atomic E-state index is 11.0. The molecule has 1 aromatic heterocycles. The summed E-state index contributed by atoms with van der Waals surface area (Å²) >= 11 is 0. The van der Waals surface area contributed by atoms with Gasteiger partial charge in [-0.25, -0.2) is 4.79 Å². The normalized spacial score (nSPS) is 20.0. The van der Waals surface area contributed by atoms with E-state index in [2.05, 4.69) is 0 Å². The third-order valence-corrected chi connectivity index (χ3v) is 1.73. The van der Waals surface area contributed by atoms with Crippen LogP contribution in [-0.4, -0.2) is 12.6 Å². The Hall–Kier alpha value is -1.51. The molecule has 3 heteroatoms. The minimum absolute atomic E-state index is 0.230. The monoisotopic (exact) mass is 164 g/mol. The number of ether oxygens (including phenoxy) is 1. The van der Waals surface area contributed by atoms with E-state index in [9.17, 15) is 4.79 Å². The summed E-state index contributed by atoms with van der Waals surface area (Å²) in [5.74, 6) is 0.468. The van der Waals surface area contributed by atoms with Crippen LogP contribution < -0.4 is 0 Å². The van der Waals surface area contributed by atoms with Gasteiger partial charge in [0.25, 0.3) is 0 Å². The summed E-state index contributed by atoms with van der Waals surface area (Å²) in [4.78, 5) is 11.0. The quantitative estimate of drug-likeness (QED) is 0.467. The van der Waals surface area contributed by atoms with E-state index in [1.54, 1.807) is 24.5 Å². The second kappa shape index (κ2) is 2.85. The maximum Gasteiger partial charge on any atom is 0.334 e. The standard InChI is InChI=1S/C9H8O3/c10-9-7(3-5-12-9)6-8-2-1-4-11-8/h1-2,4,6H,3,5H2/b7-6-. The molecule has 0 spiro atoms. The van der Waals surface area contributed by atoms with Crippen LogP contribution in [0.1, 0.15) is 12.2 Å². The Morgan fingerprint density at radius 1 is 1.50 bits per heavy atom. The summed E-state index contributed by atoms with van der Waals surface area (Å²) in [6.07, 6.45) is 3.97. The highest BCUT2D eigenvalue weighted by Gasteiger charge is 2.18. The second-order valence-corrected chi connectivity index (χ2v) is 2.57. The van der Waals surface area contributed by atoms with Crippen LogP contribution in [0.25, 0.3) is 6.08 Å². The minimum atomic E-state index is -0.230. The van der Waals surface area contributed by atoms with Crippen LogP contribution in [-0.2, 0) is 9.53 Å². The van der Waals surface area contributed by atoms with Gasteiger partial charge in [0, 0.05) is 12.0 Å². The smallest absolute Gasteiger partial charge is 0.334 e. The van der Waals surface area contributed by atoms with Gasteiger partial charge in [0.05, 0.1) is 12.9 Å². The van der Waals surface area contributed by atoms with Crippen molar-refractivity contribution in [1.82, 2.24) is 0 Å². The molecule has 2 heterocycles. The number of carbonyl (C=O) groups excluding carboxylic acids is 1. The highest BCUT2D eigenvalue weighted by Crippen LogP contribution is 2.16. The molecule has 62 valence electrons. The van der Waals surface area contributed by atoms with Gasteiger partial charge >= 0.3 is 5.97 Å². The molecule has 0 N–H and O–H groups in total. The lowest BCUT2D eigenvalue weighted by Gasteiger charge is -1.88. The zero-order valence-corrected chi connectivity index (χ0v) is 6.45. The highest BCUT2D eigenvalue weighted by molar-refractivity contribution is 5.94. The number of hydrogen-bond acceptors (Lipinski definition) is 3. The zero-order valence-electron chi connectivity index (χ0n) is 6.45. The Kier molecular flexibility index (Phi) is 1.70. The van der Waals surface area contributed by atoms with Gasteiger partial charge in [-0.05, 0) is 18.2 Å². The molecule has 0 saturated carbocycles. The molecule has 1 aromatic rings. The first-order chi connectivity index (χ1) is 5.86. The first-order valence-electron chi connectivity index (χ1n) is 3.77. The first-order valence-corrected chi connectivity index (χ1v) is 3.77. The van der Waals surface area contributed by atoms with Crippen LogP contribution >= 0.6 is 0 Å². The van der Waals surface area contributed by atoms with Gasteiger partial charge in [0.15, 0.2) is 0 Å². The van der Waals surface area contributed by atoms with Crippen molar-refractivity contribution in [2.45, 2.75) is 6.42 Å². The Morgan fingerprint density at radius 2 is 2.42 bits per heavy atom. The molecule has 3 nitrogen and oxygen atoms in total. The van der Waals surface area contributed by atoms with E-state index in [0.29, 0.717) is 24.4 Å². The van der Waals surface area contributed by atoms with Crippen molar-refractivity contribution < 1.29 is 13.9 Å². The lowest BCUT2D eigenvalue weighted by molar-refractivity contribution is -0.134. The Balaban J connectivity index is 2.23. The average molecular weight is 164 g/mol. The number of cyclic esters (lactones) is 1. The van der Waals surface area contributed by atoms with Crippen LogP contribution in [0, 0.1) is 0 Å². The molecule has 0 amide bonds. The van der Waals surface area contributed by atoms with Crippen LogP contribution in [0.15, 0.2) is 28.4 Å². The minimum Gasteiger partial charge on any atom is -0.465 e. The fraction of sp³-hybridized carbons (Fsp3) is 0.222. The Morgan fingerprint density at radius 3 is 3.00 bits per heavy atom. The molecule has 0 aliphatic carbocycles. The van der Waals surface area contributed by atoms with Crippen molar-refractivity contribution >= 4 is 12.0 Å². The third kappa shape index (κ3) is 1.25. The molecule has 12 heavy (non-hydrogen) atoms. The molecular formula is C9H8O3. The second-order valence-electron chi connectivity index (χ2n) is 2.57. The first kappa shape index (κ1) is 7.16. The van der Waals surface area contributed by atoms with E-state index in [1.165, 1.54) is 0 Å². The molecule has 0 aromatic carbocycles. The molecule has 1 aliphatic rings. The topological polar surface area (TPSA) is 39.4 Å². The SMILES string of the molecule is O=C1OCC/C1=C/c1ccco1. The Bertz CT molecular complexity index is 309. The number of esters is 1. The summed E-state index contributed by atoms with van der Waals surface area (Å²) in [6.45, 7) is 0.491. The van der Waals surface area contributed by atoms with E-state index < -0.39 is 0 Å². The summed E-state index contributed by atoms with van der Waals surface area (Å²) < 4.78 is 9.82. The van der Waals surface area contributed by atoms with Crippen LogP contribution in [0.5, 0.6) is 0 Å². The van der Waals surface area contributed by atoms with Crippen molar-refractivity contribution in [2.75, 3.05) is 6.61 Å². The molecule has 0 radical (unpaired) electrons. The molecule has 0 bridgehead atoms. The number of hydrogen-bond donors (Lipinski definition) is 0. The van der Waals surface area contributed by atoms with Gasteiger partial charge < -0.3 is 9.15 Å². The molecule has 1 saturated heterocycles. The van der Waals surface area contributed by atoms with E-state index in [0.717, 1.165) is 0 Å². The van der Waals surface area contributed by atoms with Crippen molar-refractivity contribution in [1.29, 1.82) is 0 Å². The highest BCUT2D eigenvalue weighted by atomic mass is 16.5. The van der Waals surface area contributed by atoms with E-state index >= 15 is 0 Å². The fourth-order valence-corrected chi connectivity index (χ4v) is 1.12. The van der Waals surface area contributed by atoms with Crippen molar-refractivity contribution in [3.8, 4) is 0 Å². The largest absolute Gasteiger partial charge is 0.465 e. The summed E-state index contributed by atoms with van der Waals surface area (Å²) in [7, 11) is 0. The molecular weight excluding hydrogens is 156 g/mol. The van der Waals surface area contributed by atoms with E-state index in [1.807, 2.05) is 0 Å². The molecule has 2 rings (SSSR count). The van der Waals surface area contributed by atoms with Gasteiger partial charge in [-0.15, -0.1) is 0 Å².